The Labute approximate surface area is 163 Å². The van der Waals surface area contributed by atoms with Crippen LogP contribution in [-0.4, -0.2) is 44.3 Å². The Morgan fingerprint density at radius 3 is 2.61 bits per heavy atom. The van der Waals surface area contributed by atoms with Crippen LogP contribution in [0.15, 0.2) is 55.4 Å². The van der Waals surface area contributed by atoms with E-state index in [0.29, 0.717) is 25.5 Å². The second kappa shape index (κ2) is 8.43. The van der Waals surface area contributed by atoms with E-state index in [9.17, 15) is 9.90 Å². The van der Waals surface area contributed by atoms with Gasteiger partial charge in [-0.05, 0) is 23.8 Å². The molecule has 0 atom stereocenters. The van der Waals surface area contributed by atoms with Gasteiger partial charge in [0.1, 0.15) is 11.3 Å². The summed E-state index contributed by atoms with van der Waals surface area (Å²) in [5.41, 5.74) is 1.96. The van der Waals surface area contributed by atoms with Gasteiger partial charge in [0.15, 0.2) is 5.82 Å². The highest BCUT2D eigenvalue weighted by Crippen LogP contribution is 2.22. The number of benzene rings is 1. The number of anilines is 1. The third-order valence-corrected chi connectivity index (χ3v) is 4.25. The molecular weight excluding hydrogens is 358 g/mol. The van der Waals surface area contributed by atoms with Crippen molar-refractivity contribution >= 4 is 11.8 Å². The molecule has 0 aliphatic rings. The van der Waals surface area contributed by atoms with Crippen molar-refractivity contribution in [1.29, 1.82) is 0 Å². The van der Waals surface area contributed by atoms with Gasteiger partial charge in [-0.3, -0.25) is 9.36 Å². The van der Waals surface area contributed by atoms with Crippen LogP contribution in [0.25, 0.3) is 0 Å². The maximum absolute atomic E-state index is 11.8. The lowest BCUT2D eigenvalue weighted by Gasteiger charge is -2.20. The van der Waals surface area contributed by atoms with Gasteiger partial charge in [-0.2, -0.15) is 10.2 Å². The summed E-state index contributed by atoms with van der Waals surface area (Å²) < 4.78 is 8.51. The molecule has 8 nitrogen and oxygen atoms in total. The lowest BCUT2D eigenvalue weighted by molar-refractivity contribution is 0.0697. The van der Waals surface area contributed by atoms with Crippen LogP contribution >= 0.6 is 0 Å². The van der Waals surface area contributed by atoms with Crippen LogP contribution in [0.1, 0.15) is 21.6 Å². The number of rotatable bonds is 9. The predicted molar refractivity (Wildman–Crippen MR) is 106 cm³/mol. The van der Waals surface area contributed by atoms with Gasteiger partial charge in [0.25, 0.3) is 0 Å². The van der Waals surface area contributed by atoms with Gasteiger partial charge >= 0.3 is 5.97 Å². The van der Waals surface area contributed by atoms with Crippen LogP contribution in [0.4, 0.5) is 5.82 Å². The van der Waals surface area contributed by atoms with E-state index in [2.05, 4.69) is 16.8 Å². The smallest absolute Gasteiger partial charge is 0.341 e. The molecule has 0 bridgehead atoms. The van der Waals surface area contributed by atoms with E-state index in [1.54, 1.807) is 28.7 Å². The number of hydrogen-bond acceptors (Lipinski definition) is 5. The first kappa shape index (κ1) is 19.2. The molecule has 0 saturated carbocycles. The number of carboxylic acids is 1. The Hall–Kier alpha value is -3.55. The van der Waals surface area contributed by atoms with Gasteiger partial charge in [-0.15, -0.1) is 6.58 Å². The Morgan fingerprint density at radius 1 is 1.29 bits per heavy atom. The molecule has 3 rings (SSSR count). The fraction of sp³-hybridized carbons (Fsp3) is 0.250. The topological polar surface area (TPSA) is 85.4 Å². The van der Waals surface area contributed by atoms with Crippen molar-refractivity contribution in [3.05, 3.63) is 72.2 Å². The van der Waals surface area contributed by atoms with Crippen molar-refractivity contribution in [2.24, 2.45) is 7.05 Å². The van der Waals surface area contributed by atoms with Gasteiger partial charge in [0.05, 0.1) is 25.9 Å². The normalized spacial score (nSPS) is 10.6. The highest BCUT2D eigenvalue weighted by Gasteiger charge is 2.21. The molecule has 8 heteroatoms. The number of carbonyl (C=O) groups is 1. The van der Waals surface area contributed by atoms with Crippen molar-refractivity contribution in [3.8, 4) is 5.75 Å². The van der Waals surface area contributed by atoms with E-state index < -0.39 is 5.97 Å². The molecule has 1 N–H and O–H groups in total. The number of ether oxygens (including phenoxy) is 1. The molecule has 2 heterocycles. The first-order valence-electron chi connectivity index (χ1n) is 8.78. The van der Waals surface area contributed by atoms with Crippen molar-refractivity contribution in [2.75, 3.05) is 18.6 Å². The fourth-order valence-electron chi connectivity index (χ4n) is 2.92. The number of carboxylic acid groups (broad SMARTS) is 1. The zero-order valence-corrected chi connectivity index (χ0v) is 15.9. The molecule has 0 spiro atoms. The maximum atomic E-state index is 11.8. The largest absolute Gasteiger partial charge is 0.497 e. The van der Waals surface area contributed by atoms with Crippen LogP contribution in [0.2, 0.25) is 0 Å². The number of aromatic nitrogens is 4. The molecule has 0 radical (unpaired) electrons. The second-order valence-electron chi connectivity index (χ2n) is 6.37. The zero-order valence-electron chi connectivity index (χ0n) is 15.9. The summed E-state index contributed by atoms with van der Waals surface area (Å²) in [5, 5.41) is 18.6. The minimum atomic E-state index is -1.02. The van der Waals surface area contributed by atoms with Gasteiger partial charge in [0, 0.05) is 26.0 Å². The quantitative estimate of drug-likeness (QED) is 0.574. The highest BCUT2D eigenvalue weighted by atomic mass is 16.5. The highest BCUT2D eigenvalue weighted by molar-refractivity contribution is 5.93. The fourth-order valence-corrected chi connectivity index (χ4v) is 2.92. The summed E-state index contributed by atoms with van der Waals surface area (Å²) >= 11 is 0. The predicted octanol–water partition coefficient (Wildman–Crippen LogP) is 2.56. The Balaban J connectivity index is 1.88. The molecule has 0 fully saturated rings. The van der Waals surface area contributed by atoms with Crippen LogP contribution < -0.4 is 9.64 Å². The molecule has 28 heavy (non-hydrogen) atoms. The van der Waals surface area contributed by atoms with E-state index in [1.165, 1.54) is 0 Å². The third kappa shape index (κ3) is 4.40. The summed E-state index contributed by atoms with van der Waals surface area (Å²) in [4.78, 5) is 13.6. The van der Waals surface area contributed by atoms with E-state index in [-0.39, 0.29) is 5.56 Å². The standard InChI is InChI=1S/C20H23N5O3/c1-4-10-24(13-16-9-11-23(2)21-16)19-18(20(26)27)14-25(22-19)12-15-5-7-17(28-3)8-6-15/h4-9,11,14H,1,10,12-13H2,2-3H3,(H,26,27). The monoisotopic (exact) mass is 381 g/mol. The molecule has 146 valence electrons. The van der Waals surface area contributed by atoms with Crippen LogP contribution in [0, 0.1) is 0 Å². The number of aryl methyl sites for hydroxylation is 1. The van der Waals surface area contributed by atoms with E-state index in [4.69, 9.17) is 4.74 Å². The molecule has 0 aliphatic carbocycles. The Kier molecular flexibility index (Phi) is 5.78. The second-order valence-corrected chi connectivity index (χ2v) is 6.37. The van der Waals surface area contributed by atoms with E-state index >= 15 is 0 Å². The maximum Gasteiger partial charge on any atom is 0.341 e. The number of methoxy groups -OCH3 is 1. The summed E-state index contributed by atoms with van der Waals surface area (Å²) in [6, 6.07) is 9.48. The molecule has 2 aromatic heterocycles. The first-order chi connectivity index (χ1) is 13.5. The van der Waals surface area contributed by atoms with Crippen LogP contribution in [-0.2, 0) is 20.1 Å². The van der Waals surface area contributed by atoms with E-state index in [0.717, 1.165) is 17.0 Å². The lowest BCUT2D eigenvalue weighted by atomic mass is 10.2. The molecule has 0 amide bonds. The lowest BCUT2D eigenvalue weighted by Crippen LogP contribution is -2.25. The van der Waals surface area contributed by atoms with Gasteiger partial charge in [0.2, 0.25) is 0 Å². The number of hydrogen-bond donors (Lipinski definition) is 1. The summed E-state index contributed by atoms with van der Waals surface area (Å²) in [7, 11) is 3.46. The number of aromatic carboxylic acids is 1. The van der Waals surface area contributed by atoms with Gasteiger partial charge in [-0.1, -0.05) is 18.2 Å². The van der Waals surface area contributed by atoms with Crippen molar-refractivity contribution < 1.29 is 14.6 Å². The molecule has 1 aromatic carbocycles. The average Bonchev–Trinajstić information content (AvgIpc) is 3.28. The van der Waals surface area contributed by atoms with Crippen molar-refractivity contribution in [2.45, 2.75) is 13.1 Å². The first-order valence-corrected chi connectivity index (χ1v) is 8.78. The molecule has 3 aromatic rings. The molecule has 0 unspecified atom stereocenters. The van der Waals surface area contributed by atoms with Gasteiger partial charge in [-0.25, -0.2) is 4.79 Å². The van der Waals surface area contributed by atoms with Crippen LogP contribution in [0.5, 0.6) is 5.75 Å². The van der Waals surface area contributed by atoms with Crippen LogP contribution in [0.3, 0.4) is 0 Å². The summed E-state index contributed by atoms with van der Waals surface area (Å²) in [6.45, 7) is 5.12. The zero-order chi connectivity index (χ0) is 20.1. The molecule has 0 aliphatic heterocycles. The average molecular weight is 381 g/mol. The SMILES string of the molecule is C=CCN(Cc1ccn(C)n1)c1nn(Cc2ccc(OC)cc2)cc1C(=O)O. The van der Waals surface area contributed by atoms with Crippen molar-refractivity contribution in [3.63, 3.8) is 0 Å². The minimum Gasteiger partial charge on any atom is -0.497 e. The summed E-state index contributed by atoms with van der Waals surface area (Å²) in [5.74, 6) is 0.140. The Morgan fingerprint density at radius 2 is 2.04 bits per heavy atom. The summed E-state index contributed by atoms with van der Waals surface area (Å²) in [6.07, 6.45) is 5.12. The third-order valence-electron chi connectivity index (χ3n) is 4.25. The van der Waals surface area contributed by atoms with Crippen molar-refractivity contribution in [1.82, 2.24) is 19.6 Å². The Bertz CT molecular complexity index is 959. The van der Waals surface area contributed by atoms with E-state index in [1.807, 2.05) is 48.5 Å². The number of nitrogens with zero attached hydrogens (tertiary/aromatic N) is 5. The molecule has 0 saturated heterocycles. The molecular formula is C20H23N5O3. The minimum absolute atomic E-state index is 0.145. The van der Waals surface area contributed by atoms with Gasteiger partial charge < -0.3 is 14.7 Å².